The van der Waals surface area contributed by atoms with Crippen LogP contribution in [-0.4, -0.2) is 44.7 Å². The molecule has 0 aliphatic carbocycles. The topological polar surface area (TPSA) is 73.6 Å². The number of amides is 1. The Bertz CT molecular complexity index is 475. The lowest BCUT2D eigenvalue weighted by Gasteiger charge is -2.13. The molecule has 0 spiro atoms. The van der Waals surface area contributed by atoms with E-state index in [9.17, 15) is 4.79 Å². The molecule has 1 rings (SSSR count). The lowest BCUT2D eigenvalue weighted by molar-refractivity contribution is -0.122. The minimum absolute atomic E-state index is 0. The summed E-state index contributed by atoms with van der Waals surface area (Å²) in [7, 11) is 3.29. The van der Waals surface area contributed by atoms with Crippen LogP contribution in [0.2, 0.25) is 0 Å². The molecule has 23 heavy (non-hydrogen) atoms. The number of thioether (sulfide) groups is 1. The average Bonchev–Trinajstić information content (AvgIpc) is 2.55. The number of nitrogens with two attached hydrogens (primary N) is 1. The van der Waals surface area contributed by atoms with E-state index in [2.05, 4.69) is 5.32 Å². The molecule has 5 nitrogen and oxygen atoms in total. The number of hydrogen-bond acceptors (Lipinski definition) is 5. The molecule has 1 aromatic rings. The zero-order valence-corrected chi connectivity index (χ0v) is 15.6. The summed E-state index contributed by atoms with van der Waals surface area (Å²) in [4.78, 5) is 11.8. The molecule has 1 aromatic carbocycles. The molecule has 0 fully saturated rings. The van der Waals surface area contributed by atoms with Gasteiger partial charge in [0.05, 0.1) is 20.3 Å². The third kappa shape index (κ3) is 7.81. The van der Waals surface area contributed by atoms with Crippen LogP contribution in [0.4, 0.5) is 0 Å². The minimum Gasteiger partial charge on any atom is -0.497 e. The second-order valence-electron chi connectivity index (χ2n) is 4.96. The first-order chi connectivity index (χ1) is 10.6. The Morgan fingerprint density at radius 1 is 1.35 bits per heavy atom. The van der Waals surface area contributed by atoms with Crippen molar-refractivity contribution in [2.24, 2.45) is 5.73 Å². The molecule has 1 atom stereocenters. The number of carbonyl (C=O) groups excluding carboxylic acids is 1. The van der Waals surface area contributed by atoms with Gasteiger partial charge in [-0.25, -0.2) is 0 Å². The van der Waals surface area contributed by atoms with Gasteiger partial charge in [-0.1, -0.05) is 0 Å². The number of rotatable bonds is 10. The smallest absolute Gasteiger partial charge is 0.236 e. The maximum atomic E-state index is 11.8. The second kappa shape index (κ2) is 12.3. The lowest BCUT2D eigenvalue weighted by Crippen LogP contribution is -2.41. The average molecular weight is 363 g/mol. The molecule has 0 radical (unpaired) electrons. The molecule has 0 aromatic heterocycles. The van der Waals surface area contributed by atoms with Gasteiger partial charge in [-0.05, 0) is 55.0 Å². The Morgan fingerprint density at radius 2 is 2.09 bits per heavy atom. The molecule has 0 aliphatic rings. The van der Waals surface area contributed by atoms with Crippen LogP contribution in [0.1, 0.15) is 18.4 Å². The number of carbonyl (C=O) groups is 1. The molecular formula is C16H27ClN2O3S. The fraction of sp³-hybridized carbons (Fsp3) is 0.562. The number of benzene rings is 1. The van der Waals surface area contributed by atoms with E-state index in [0.29, 0.717) is 13.0 Å². The van der Waals surface area contributed by atoms with Crippen LogP contribution >= 0.6 is 24.2 Å². The van der Waals surface area contributed by atoms with Crippen molar-refractivity contribution in [1.82, 2.24) is 5.32 Å². The van der Waals surface area contributed by atoms with Crippen LogP contribution in [0.25, 0.3) is 0 Å². The van der Waals surface area contributed by atoms with Gasteiger partial charge in [-0.15, -0.1) is 12.4 Å². The quantitative estimate of drug-likeness (QED) is 0.624. The maximum Gasteiger partial charge on any atom is 0.236 e. The highest BCUT2D eigenvalue weighted by molar-refractivity contribution is 7.98. The number of hydrogen-bond donors (Lipinski definition) is 2. The third-order valence-corrected chi connectivity index (χ3v) is 4.02. The molecule has 0 aliphatic heterocycles. The lowest BCUT2D eigenvalue weighted by atomic mass is 10.1. The van der Waals surface area contributed by atoms with Crippen LogP contribution in [0, 0.1) is 0 Å². The summed E-state index contributed by atoms with van der Waals surface area (Å²) in [6.45, 7) is 0.603. The zero-order valence-electron chi connectivity index (χ0n) is 14.0. The summed E-state index contributed by atoms with van der Waals surface area (Å²) in [6.07, 6.45) is 4.34. The van der Waals surface area contributed by atoms with E-state index in [1.54, 1.807) is 26.0 Å². The van der Waals surface area contributed by atoms with Crippen LogP contribution in [0.15, 0.2) is 18.2 Å². The predicted octanol–water partition coefficient (Wildman–Crippen LogP) is 2.25. The summed E-state index contributed by atoms with van der Waals surface area (Å²) in [6, 6.07) is 5.31. The van der Waals surface area contributed by atoms with Crippen LogP contribution in [0.5, 0.6) is 11.5 Å². The van der Waals surface area contributed by atoms with Gasteiger partial charge in [0.1, 0.15) is 11.5 Å². The highest BCUT2D eigenvalue weighted by Crippen LogP contribution is 2.24. The molecule has 7 heteroatoms. The van der Waals surface area contributed by atoms with Gasteiger partial charge >= 0.3 is 0 Å². The molecule has 1 amide bonds. The monoisotopic (exact) mass is 362 g/mol. The van der Waals surface area contributed by atoms with Crippen molar-refractivity contribution >= 4 is 30.1 Å². The van der Waals surface area contributed by atoms with Crippen molar-refractivity contribution in [1.29, 1.82) is 0 Å². The van der Waals surface area contributed by atoms with Crippen molar-refractivity contribution in [2.45, 2.75) is 25.3 Å². The Labute approximate surface area is 149 Å². The standard InChI is InChI=1S/C16H26N2O3S.ClH/c1-20-13-6-7-15(21-2)12(11-13)5-4-9-18-16(19)14(17)8-10-22-3;/h6-7,11,14H,4-5,8-10,17H2,1-3H3,(H,18,19);1H. The van der Waals surface area contributed by atoms with E-state index < -0.39 is 6.04 Å². The van der Waals surface area contributed by atoms with Crippen LogP contribution < -0.4 is 20.5 Å². The van der Waals surface area contributed by atoms with E-state index in [-0.39, 0.29) is 18.3 Å². The zero-order chi connectivity index (χ0) is 16.4. The van der Waals surface area contributed by atoms with Crippen LogP contribution in [0.3, 0.4) is 0 Å². The van der Waals surface area contributed by atoms with Crippen molar-refractivity contribution in [2.75, 3.05) is 32.8 Å². The van der Waals surface area contributed by atoms with Gasteiger partial charge in [0, 0.05) is 6.54 Å². The van der Waals surface area contributed by atoms with Crippen LogP contribution in [-0.2, 0) is 11.2 Å². The fourth-order valence-electron chi connectivity index (χ4n) is 2.07. The molecule has 3 N–H and O–H groups in total. The Balaban J connectivity index is 0.00000484. The minimum atomic E-state index is -0.418. The number of methoxy groups -OCH3 is 2. The summed E-state index contributed by atoms with van der Waals surface area (Å²) < 4.78 is 10.6. The third-order valence-electron chi connectivity index (χ3n) is 3.38. The van der Waals surface area contributed by atoms with E-state index in [4.69, 9.17) is 15.2 Å². The number of aryl methyl sites for hydroxylation is 1. The number of ether oxygens (including phenoxy) is 2. The predicted molar refractivity (Wildman–Crippen MR) is 99.1 cm³/mol. The maximum absolute atomic E-state index is 11.8. The molecule has 0 bridgehead atoms. The first-order valence-corrected chi connectivity index (χ1v) is 8.75. The van der Waals surface area contributed by atoms with Gasteiger partial charge in [0.15, 0.2) is 0 Å². The van der Waals surface area contributed by atoms with E-state index in [1.165, 1.54) is 0 Å². The normalized spacial score (nSPS) is 11.3. The first kappa shape index (κ1) is 21.9. The van der Waals surface area contributed by atoms with Crippen molar-refractivity contribution in [3.8, 4) is 11.5 Å². The molecular weight excluding hydrogens is 336 g/mol. The van der Waals surface area contributed by atoms with Gasteiger partial charge in [0.25, 0.3) is 0 Å². The summed E-state index contributed by atoms with van der Waals surface area (Å²) in [5.74, 6) is 2.46. The van der Waals surface area contributed by atoms with Gasteiger partial charge in [0.2, 0.25) is 5.91 Å². The highest BCUT2D eigenvalue weighted by atomic mass is 35.5. The summed E-state index contributed by atoms with van der Waals surface area (Å²) >= 11 is 1.69. The van der Waals surface area contributed by atoms with Gasteiger partial charge in [-0.3, -0.25) is 4.79 Å². The largest absolute Gasteiger partial charge is 0.497 e. The molecule has 132 valence electrons. The van der Waals surface area contributed by atoms with Gasteiger partial charge in [-0.2, -0.15) is 11.8 Å². The molecule has 0 saturated carbocycles. The second-order valence-corrected chi connectivity index (χ2v) is 5.95. The molecule has 1 unspecified atom stereocenters. The molecule has 0 heterocycles. The number of halogens is 1. The van der Waals surface area contributed by atoms with Gasteiger partial charge < -0.3 is 20.5 Å². The fourth-order valence-corrected chi connectivity index (χ4v) is 2.56. The Kier molecular flexibility index (Phi) is 11.7. The SMILES string of the molecule is COc1ccc(OC)c(CCCNC(=O)C(N)CCSC)c1.Cl. The summed E-state index contributed by atoms with van der Waals surface area (Å²) in [5.41, 5.74) is 6.89. The van der Waals surface area contributed by atoms with Crippen molar-refractivity contribution in [3.63, 3.8) is 0 Å². The van der Waals surface area contributed by atoms with Crippen molar-refractivity contribution in [3.05, 3.63) is 23.8 Å². The Hall–Kier alpha value is -1.11. The molecule has 0 saturated heterocycles. The number of nitrogens with one attached hydrogen (secondary N) is 1. The van der Waals surface area contributed by atoms with E-state index in [1.807, 2.05) is 24.5 Å². The highest BCUT2D eigenvalue weighted by Gasteiger charge is 2.12. The van der Waals surface area contributed by atoms with Crippen molar-refractivity contribution < 1.29 is 14.3 Å². The first-order valence-electron chi connectivity index (χ1n) is 7.35. The Morgan fingerprint density at radius 3 is 2.70 bits per heavy atom. The van der Waals surface area contributed by atoms with E-state index in [0.717, 1.165) is 35.7 Å². The summed E-state index contributed by atoms with van der Waals surface area (Å²) in [5, 5.41) is 2.88. The van der Waals surface area contributed by atoms with E-state index >= 15 is 0 Å².